The summed E-state index contributed by atoms with van der Waals surface area (Å²) in [6.45, 7) is 0.807. The molecular formula is C21H24N6O3. The summed E-state index contributed by atoms with van der Waals surface area (Å²) < 4.78 is 1.72. The third-order valence-electron chi connectivity index (χ3n) is 4.54. The van der Waals surface area contributed by atoms with Gasteiger partial charge in [0.25, 0.3) is 5.69 Å². The summed E-state index contributed by atoms with van der Waals surface area (Å²) >= 11 is 0. The predicted octanol–water partition coefficient (Wildman–Crippen LogP) is 3.35. The Morgan fingerprint density at radius 3 is 2.57 bits per heavy atom. The quantitative estimate of drug-likeness (QED) is 0.416. The molecule has 0 bridgehead atoms. The number of amides is 1. The first-order valence-electron chi connectivity index (χ1n) is 9.49. The lowest BCUT2D eigenvalue weighted by Gasteiger charge is -2.13. The highest BCUT2D eigenvalue weighted by Gasteiger charge is 2.13. The van der Waals surface area contributed by atoms with E-state index in [0.29, 0.717) is 18.1 Å². The van der Waals surface area contributed by atoms with Crippen molar-refractivity contribution in [1.82, 2.24) is 9.78 Å². The number of hydrogen-bond donors (Lipinski definition) is 2. The summed E-state index contributed by atoms with van der Waals surface area (Å²) in [7, 11) is 3.97. The van der Waals surface area contributed by atoms with Gasteiger partial charge in [-0.2, -0.15) is 5.10 Å². The topological polar surface area (TPSA) is 105 Å². The molecule has 0 saturated carbocycles. The number of carbonyl (C=O) groups excluding carboxylic acids is 1. The van der Waals surface area contributed by atoms with Crippen molar-refractivity contribution in [2.45, 2.75) is 13.0 Å². The number of hydrogen-bond acceptors (Lipinski definition) is 6. The van der Waals surface area contributed by atoms with Crippen LogP contribution < -0.4 is 15.5 Å². The minimum atomic E-state index is -0.452. The van der Waals surface area contributed by atoms with Crippen molar-refractivity contribution >= 4 is 28.8 Å². The van der Waals surface area contributed by atoms with E-state index in [9.17, 15) is 14.9 Å². The fourth-order valence-electron chi connectivity index (χ4n) is 2.94. The van der Waals surface area contributed by atoms with Gasteiger partial charge in [-0.15, -0.1) is 0 Å². The number of rotatable bonds is 9. The van der Waals surface area contributed by atoms with Gasteiger partial charge in [0.05, 0.1) is 17.7 Å². The molecule has 1 heterocycles. The smallest absolute Gasteiger partial charge is 0.292 e. The van der Waals surface area contributed by atoms with E-state index in [-0.39, 0.29) is 24.6 Å². The molecule has 3 rings (SSSR count). The summed E-state index contributed by atoms with van der Waals surface area (Å²) in [5, 5.41) is 21.1. The number of para-hydroxylation sites is 2. The minimum absolute atomic E-state index is 0.0173. The molecule has 0 radical (unpaired) electrons. The maximum atomic E-state index is 12.3. The van der Waals surface area contributed by atoms with Gasteiger partial charge < -0.3 is 15.5 Å². The number of anilines is 3. The van der Waals surface area contributed by atoms with Crippen molar-refractivity contribution < 1.29 is 9.72 Å². The second kappa shape index (κ2) is 9.55. The molecule has 9 heteroatoms. The fourth-order valence-corrected chi connectivity index (χ4v) is 2.94. The molecule has 30 heavy (non-hydrogen) atoms. The van der Waals surface area contributed by atoms with Gasteiger partial charge in [-0.05, 0) is 23.8 Å². The van der Waals surface area contributed by atoms with Crippen LogP contribution in [0.25, 0.3) is 0 Å². The van der Waals surface area contributed by atoms with Crippen LogP contribution in [0.1, 0.15) is 12.0 Å². The molecule has 0 aliphatic carbocycles. The summed E-state index contributed by atoms with van der Waals surface area (Å²) in [6.07, 6.45) is 1.80. The fraction of sp³-hybridized carbons (Fsp3) is 0.238. The van der Waals surface area contributed by atoms with Crippen molar-refractivity contribution in [3.05, 3.63) is 76.5 Å². The van der Waals surface area contributed by atoms with Crippen molar-refractivity contribution in [3.63, 3.8) is 0 Å². The highest BCUT2D eigenvalue weighted by molar-refractivity contribution is 5.90. The van der Waals surface area contributed by atoms with Crippen LogP contribution in [0.5, 0.6) is 0 Å². The number of carbonyl (C=O) groups is 1. The highest BCUT2D eigenvalue weighted by atomic mass is 16.6. The zero-order chi connectivity index (χ0) is 21.5. The Labute approximate surface area is 174 Å². The summed E-state index contributed by atoms with van der Waals surface area (Å²) in [5.41, 5.74) is 2.55. The van der Waals surface area contributed by atoms with Crippen LogP contribution in [0.4, 0.5) is 22.9 Å². The van der Waals surface area contributed by atoms with Crippen LogP contribution in [-0.4, -0.2) is 41.3 Å². The Bertz CT molecular complexity index is 1010. The average Bonchev–Trinajstić information content (AvgIpc) is 3.15. The second-order valence-electron chi connectivity index (χ2n) is 6.93. The summed E-state index contributed by atoms with van der Waals surface area (Å²) in [5.74, 6) is 0.396. The lowest BCUT2D eigenvalue weighted by Crippen LogP contribution is -2.19. The van der Waals surface area contributed by atoms with E-state index in [4.69, 9.17) is 0 Å². The van der Waals surface area contributed by atoms with Gasteiger partial charge in [0.15, 0.2) is 0 Å². The summed E-state index contributed by atoms with van der Waals surface area (Å²) in [4.78, 5) is 24.9. The molecule has 0 spiro atoms. The molecule has 1 aromatic heterocycles. The van der Waals surface area contributed by atoms with Crippen LogP contribution >= 0.6 is 0 Å². The normalized spacial score (nSPS) is 10.5. The van der Waals surface area contributed by atoms with Gasteiger partial charge >= 0.3 is 0 Å². The van der Waals surface area contributed by atoms with Crippen LogP contribution in [0.15, 0.2) is 60.8 Å². The molecular weight excluding hydrogens is 384 g/mol. The van der Waals surface area contributed by atoms with E-state index in [1.165, 1.54) is 6.07 Å². The van der Waals surface area contributed by atoms with Crippen molar-refractivity contribution in [1.29, 1.82) is 0 Å². The molecule has 0 fully saturated rings. The molecule has 9 nitrogen and oxygen atoms in total. The highest BCUT2D eigenvalue weighted by Crippen LogP contribution is 2.23. The van der Waals surface area contributed by atoms with E-state index in [2.05, 4.69) is 15.7 Å². The van der Waals surface area contributed by atoms with Gasteiger partial charge in [0.1, 0.15) is 11.5 Å². The third kappa shape index (κ3) is 5.34. The number of aromatic nitrogens is 2. The molecule has 2 aromatic carbocycles. The first-order chi connectivity index (χ1) is 14.4. The molecule has 3 aromatic rings. The molecule has 0 aliphatic rings. The minimum Gasteiger partial charge on any atom is -0.379 e. The van der Waals surface area contributed by atoms with Gasteiger partial charge in [-0.25, -0.2) is 4.68 Å². The standard InChI is InChI=1S/C21H24N6O3/c1-25(2)17-9-7-16(8-10-17)15-26-20(11-14-23-26)24-21(28)12-13-22-18-5-3-4-6-19(18)27(29)30/h3-11,14,22H,12-13,15H2,1-2H3,(H,24,28). The zero-order valence-corrected chi connectivity index (χ0v) is 16.9. The average molecular weight is 408 g/mol. The number of benzene rings is 2. The Balaban J connectivity index is 1.54. The van der Waals surface area contributed by atoms with Gasteiger partial charge in [-0.3, -0.25) is 14.9 Å². The molecule has 0 atom stereocenters. The maximum absolute atomic E-state index is 12.3. The van der Waals surface area contributed by atoms with E-state index in [0.717, 1.165) is 11.3 Å². The number of nitrogens with one attached hydrogen (secondary N) is 2. The molecule has 1 amide bonds. The van der Waals surface area contributed by atoms with E-state index < -0.39 is 4.92 Å². The lowest BCUT2D eigenvalue weighted by molar-refractivity contribution is -0.384. The maximum Gasteiger partial charge on any atom is 0.292 e. The van der Waals surface area contributed by atoms with Gasteiger partial charge in [0.2, 0.25) is 5.91 Å². The number of nitrogens with zero attached hydrogens (tertiary/aromatic N) is 4. The Morgan fingerprint density at radius 2 is 1.87 bits per heavy atom. The zero-order valence-electron chi connectivity index (χ0n) is 16.9. The largest absolute Gasteiger partial charge is 0.379 e. The molecule has 0 unspecified atom stereocenters. The van der Waals surface area contributed by atoms with Crippen molar-refractivity contribution in [2.24, 2.45) is 0 Å². The Hall–Kier alpha value is -3.88. The van der Waals surface area contributed by atoms with Crippen molar-refractivity contribution in [2.75, 3.05) is 36.2 Å². The van der Waals surface area contributed by atoms with Crippen LogP contribution in [-0.2, 0) is 11.3 Å². The van der Waals surface area contributed by atoms with Crippen molar-refractivity contribution in [3.8, 4) is 0 Å². The monoisotopic (exact) mass is 408 g/mol. The van der Waals surface area contributed by atoms with E-state index >= 15 is 0 Å². The van der Waals surface area contributed by atoms with E-state index in [1.807, 2.05) is 43.3 Å². The number of nitro groups is 1. The molecule has 156 valence electrons. The van der Waals surface area contributed by atoms with Crippen LogP contribution in [0, 0.1) is 10.1 Å². The lowest BCUT2D eigenvalue weighted by atomic mass is 10.2. The van der Waals surface area contributed by atoms with Crippen LogP contribution in [0.2, 0.25) is 0 Å². The first-order valence-corrected chi connectivity index (χ1v) is 9.49. The number of nitro benzene ring substituents is 1. The summed E-state index contributed by atoms with van der Waals surface area (Å²) in [6, 6.07) is 16.2. The SMILES string of the molecule is CN(C)c1ccc(Cn2nccc2NC(=O)CCNc2ccccc2[N+](=O)[O-])cc1. The third-order valence-corrected chi connectivity index (χ3v) is 4.54. The second-order valence-corrected chi connectivity index (χ2v) is 6.93. The predicted molar refractivity (Wildman–Crippen MR) is 117 cm³/mol. The molecule has 0 aliphatic heterocycles. The van der Waals surface area contributed by atoms with Gasteiger partial charge in [0, 0.05) is 44.9 Å². The Kier molecular flexibility index (Phi) is 6.63. The molecule has 0 saturated heterocycles. The first kappa shape index (κ1) is 20.8. The molecule has 2 N–H and O–H groups in total. The van der Waals surface area contributed by atoms with E-state index in [1.54, 1.807) is 35.1 Å². The Morgan fingerprint density at radius 1 is 1.13 bits per heavy atom. The van der Waals surface area contributed by atoms with Gasteiger partial charge in [-0.1, -0.05) is 24.3 Å². The van der Waals surface area contributed by atoms with Crippen LogP contribution in [0.3, 0.4) is 0 Å².